The number of hydrogen-bond acceptors (Lipinski definition) is 2. The Morgan fingerprint density at radius 2 is 1.24 bits per heavy atom. The molecule has 0 unspecified atom stereocenters. The molecule has 0 rings (SSSR count). The molecule has 0 bridgehead atoms. The summed E-state index contributed by atoms with van der Waals surface area (Å²) in [5.74, 6) is 0. The van der Waals surface area contributed by atoms with Crippen LogP contribution < -0.4 is 5.73 Å². The molecule has 0 aliphatic rings. The standard InChI is InChI=1S/C2H7N2P13/c3-1-2-4-6-8-10-12-14-16-17-15-13-11-9-7-5/h5H,1-3H2. The molecule has 0 saturated carbocycles. The highest BCUT2D eigenvalue weighted by Gasteiger charge is 1.72. The summed E-state index contributed by atoms with van der Waals surface area (Å²) in [6, 6.07) is 0. The van der Waals surface area contributed by atoms with Crippen molar-refractivity contribution in [3.63, 3.8) is 0 Å². The normalized spacial score (nSPS) is 13.9. The second-order valence-electron chi connectivity index (χ2n) is 1.74. The molecule has 17 heavy (non-hydrogen) atoms. The minimum absolute atomic E-state index is 0.679. The molecule has 0 saturated heterocycles. The van der Waals surface area contributed by atoms with Crippen molar-refractivity contribution in [3.05, 3.63) is 0 Å². The average molecular weight is 462 g/mol. The highest BCUT2D eigenvalue weighted by molar-refractivity contribution is 8.60. The Bertz CT molecular complexity index is 350. The predicted molar refractivity (Wildman–Crippen MR) is 108 cm³/mol. The van der Waals surface area contributed by atoms with Gasteiger partial charge in [-0.2, -0.15) is 0 Å². The lowest BCUT2D eigenvalue weighted by atomic mass is 10.7. The maximum Gasteiger partial charge on any atom is 0.0687 e. The molecule has 90 valence electrons. The van der Waals surface area contributed by atoms with Crippen molar-refractivity contribution in [2.75, 3.05) is 13.1 Å². The van der Waals surface area contributed by atoms with Crippen LogP contribution in [-0.4, -0.2) is 13.1 Å². The summed E-state index contributed by atoms with van der Waals surface area (Å²) in [7, 11) is 21.0. The third-order valence-electron chi connectivity index (χ3n) is 0.737. The summed E-state index contributed by atoms with van der Waals surface area (Å²) < 4.78 is 4.27. The van der Waals surface area contributed by atoms with Gasteiger partial charge in [0.1, 0.15) is 0 Å². The summed E-state index contributed by atoms with van der Waals surface area (Å²) >= 11 is 0. The molecule has 0 amide bonds. The maximum atomic E-state index is 5.35. The topological polar surface area (TPSA) is 38.4 Å². The van der Waals surface area contributed by atoms with Gasteiger partial charge in [0.05, 0.1) is 14.6 Å². The zero-order valence-electron chi connectivity index (χ0n) is 8.31. The Kier molecular flexibility index (Phi) is 23.9. The fourth-order valence-corrected chi connectivity index (χ4v) is 42.4. The molecule has 0 radical (unpaired) electrons. The van der Waals surface area contributed by atoms with Crippen LogP contribution in [0.15, 0.2) is 4.74 Å². The number of hydrogen-bond donors (Lipinski definition) is 1. The lowest BCUT2D eigenvalue weighted by molar-refractivity contribution is 0.990. The fraction of sp³-hybridized carbons (Fsp3) is 1.00. The predicted octanol–water partition coefficient (Wildman–Crippen LogP) is 10.6. The number of nitrogens with two attached hydrogens (primary N) is 1. The summed E-state index contributed by atoms with van der Waals surface area (Å²) in [5.41, 5.74) is 5.35. The van der Waals surface area contributed by atoms with E-state index in [2.05, 4.69) is 13.3 Å². The van der Waals surface area contributed by atoms with Gasteiger partial charge in [0.2, 0.25) is 0 Å². The number of nitrogens with zero attached hydrogens (tertiary/aromatic N) is 1. The molecule has 2 N–H and O–H groups in total. The van der Waals surface area contributed by atoms with Crippen LogP contribution in [0.3, 0.4) is 0 Å². The van der Waals surface area contributed by atoms with Crippen molar-refractivity contribution in [1.29, 1.82) is 0 Å². The molecule has 0 aromatic rings. The van der Waals surface area contributed by atoms with E-state index < -0.39 is 0 Å². The van der Waals surface area contributed by atoms with Crippen molar-refractivity contribution in [3.8, 4) is 0 Å². The molecule has 0 aromatic heterocycles. The highest BCUT2D eigenvalue weighted by atomic mass is 32.6. The van der Waals surface area contributed by atoms with E-state index in [1.54, 1.807) is 22.7 Å². The molecular weight excluding hydrogens is 455 g/mol. The summed E-state index contributed by atoms with van der Waals surface area (Å²) in [6.45, 7) is 1.48. The van der Waals surface area contributed by atoms with E-state index in [0.717, 1.165) is 6.54 Å². The first-order valence-electron chi connectivity index (χ1n) is 3.85. The van der Waals surface area contributed by atoms with Gasteiger partial charge in [-0.3, -0.25) is 4.74 Å². The van der Waals surface area contributed by atoms with E-state index in [0.29, 0.717) is 6.54 Å². The molecular formula is C2H7N2P13. The lowest BCUT2D eigenvalue weighted by Gasteiger charge is -1.78. The Labute approximate surface area is 123 Å². The fourth-order valence-electron chi connectivity index (χ4n) is 0.312. The van der Waals surface area contributed by atoms with Crippen molar-refractivity contribution in [2.45, 2.75) is 0 Å². The third-order valence-corrected chi connectivity index (χ3v) is 34.9. The van der Waals surface area contributed by atoms with Gasteiger partial charge in [-0.05, 0) is 37.8 Å². The first-order chi connectivity index (χ1) is 8.41. The third kappa shape index (κ3) is 19.7. The second kappa shape index (κ2) is 19.7. The minimum Gasteiger partial charge on any atom is -0.329 e. The van der Waals surface area contributed by atoms with E-state index in [1.807, 2.05) is 0 Å². The molecule has 0 heterocycles. The zero-order valence-corrected chi connectivity index (χ0v) is 20.0. The van der Waals surface area contributed by atoms with Crippen LogP contribution in [0.2, 0.25) is 0 Å². The molecule has 0 atom stereocenters. The minimum atomic E-state index is 0.679. The van der Waals surface area contributed by atoms with E-state index >= 15 is 0 Å². The Hall–Kier alpha value is 3.66. The van der Waals surface area contributed by atoms with Crippen molar-refractivity contribution < 1.29 is 0 Å². The first-order valence-corrected chi connectivity index (χ1v) is 23.6. The van der Waals surface area contributed by atoms with Crippen LogP contribution in [0, 0.1) is 0 Å². The quantitative estimate of drug-likeness (QED) is 0.359. The second-order valence-corrected chi connectivity index (χ2v) is 28.6. The average Bonchev–Trinajstić information content (AvgIpc) is 2.35. The summed E-state index contributed by atoms with van der Waals surface area (Å²) in [4.78, 5) is 0. The molecule has 15 heteroatoms. The monoisotopic (exact) mass is 462 g/mol. The molecule has 0 fully saturated rings. The van der Waals surface area contributed by atoms with Gasteiger partial charge in [-0.1, -0.05) is 8.53 Å². The number of rotatable bonds is 8. The van der Waals surface area contributed by atoms with Crippen LogP contribution in [0.1, 0.15) is 0 Å². The summed E-state index contributed by atoms with van der Waals surface area (Å²) in [6.07, 6.45) is 0. The highest BCUT2D eigenvalue weighted by Crippen LogP contribution is 2.54. The Balaban J connectivity index is 3.72. The lowest BCUT2D eigenvalue weighted by Crippen LogP contribution is -2.00. The summed E-state index contributed by atoms with van der Waals surface area (Å²) in [5, 5.41) is 0. The van der Waals surface area contributed by atoms with E-state index in [4.69, 9.17) is 5.73 Å². The molecule has 0 spiro atoms. The van der Waals surface area contributed by atoms with Crippen LogP contribution in [-0.2, 0) is 0 Å². The van der Waals surface area contributed by atoms with Crippen LogP contribution >= 0.6 is 99.7 Å². The van der Waals surface area contributed by atoms with Gasteiger partial charge in [-0.25, -0.2) is 0 Å². The van der Waals surface area contributed by atoms with Crippen LogP contribution in [0.4, 0.5) is 0 Å². The Morgan fingerprint density at radius 1 is 0.765 bits per heavy atom. The van der Waals surface area contributed by atoms with Gasteiger partial charge in [0.15, 0.2) is 0 Å². The van der Waals surface area contributed by atoms with Crippen molar-refractivity contribution >= 4 is 99.7 Å². The van der Waals surface area contributed by atoms with Crippen LogP contribution in [0.25, 0.3) is 0 Å². The largest absolute Gasteiger partial charge is 0.329 e. The van der Waals surface area contributed by atoms with Gasteiger partial charge in [0, 0.05) is 51.9 Å². The molecule has 2 nitrogen and oxygen atoms in total. The Morgan fingerprint density at radius 3 is 1.71 bits per heavy atom. The van der Waals surface area contributed by atoms with Gasteiger partial charge in [0.25, 0.3) is 0 Å². The van der Waals surface area contributed by atoms with Gasteiger partial charge < -0.3 is 5.73 Å². The van der Waals surface area contributed by atoms with E-state index in [9.17, 15) is 0 Å². The maximum absolute atomic E-state index is 5.35. The smallest absolute Gasteiger partial charge is 0.0687 e. The molecule has 0 aromatic carbocycles. The molecule has 0 aliphatic heterocycles. The molecule has 0 aliphatic carbocycles. The van der Waals surface area contributed by atoms with Crippen LogP contribution in [0.5, 0.6) is 0 Å². The van der Waals surface area contributed by atoms with Gasteiger partial charge in [-0.15, -0.1) is 0 Å². The SMILES string of the molecule is NCCN=PP=PP=PP=PP=PP=PP=P. The van der Waals surface area contributed by atoms with Crippen molar-refractivity contribution in [2.24, 2.45) is 10.5 Å². The van der Waals surface area contributed by atoms with E-state index in [-0.39, 0.29) is 0 Å². The first kappa shape index (κ1) is 20.7. The van der Waals surface area contributed by atoms with Crippen molar-refractivity contribution in [1.82, 2.24) is 0 Å². The van der Waals surface area contributed by atoms with Gasteiger partial charge >= 0.3 is 0 Å². The van der Waals surface area contributed by atoms with E-state index in [1.165, 1.54) is 68.5 Å². The zero-order chi connectivity index (χ0) is 12.6.